The van der Waals surface area contributed by atoms with Crippen LogP contribution in [-0.2, 0) is 0 Å². The summed E-state index contributed by atoms with van der Waals surface area (Å²) in [6.45, 7) is 0. The van der Waals surface area contributed by atoms with Crippen LogP contribution in [0.3, 0.4) is 0 Å². The first kappa shape index (κ1) is 13.6. The van der Waals surface area contributed by atoms with Crippen LogP contribution in [-0.4, -0.2) is 11.3 Å². The van der Waals surface area contributed by atoms with Crippen molar-refractivity contribution in [2.75, 3.05) is 0 Å². The number of halogens is 2. The number of carbonyl (C=O) groups excluding carboxylic acids is 1. The molecule has 0 N–H and O–H groups in total. The number of fused-ring (bicyclic) bond motifs is 1. The molecule has 3 aromatic rings. The van der Waals surface area contributed by atoms with E-state index in [1.165, 1.54) is 6.07 Å². The zero-order valence-corrected chi connectivity index (χ0v) is 12.3. The Morgan fingerprint density at radius 1 is 1.27 bits per heavy atom. The molecule has 0 aliphatic heterocycles. The first-order chi connectivity index (χ1) is 10.7. The van der Waals surface area contributed by atoms with Gasteiger partial charge in [0.15, 0.2) is 6.29 Å². The second kappa shape index (κ2) is 4.98. The van der Waals surface area contributed by atoms with Gasteiger partial charge in [-0.05, 0) is 30.4 Å². The average Bonchev–Trinajstić information content (AvgIpc) is 3.00. The highest BCUT2D eigenvalue weighted by Crippen LogP contribution is 2.41. The highest BCUT2D eigenvalue weighted by atomic mass is 32.1. The van der Waals surface area contributed by atoms with Gasteiger partial charge in [-0.25, -0.2) is 13.8 Å². The minimum absolute atomic E-state index is 0.241. The number of rotatable bonds is 3. The number of oxazole rings is 1. The molecule has 6 heteroatoms. The van der Waals surface area contributed by atoms with E-state index in [9.17, 15) is 13.6 Å². The van der Waals surface area contributed by atoms with Crippen molar-refractivity contribution in [3.8, 4) is 10.8 Å². The normalized spacial score (nSPS) is 15.2. The Labute approximate surface area is 128 Å². The van der Waals surface area contributed by atoms with Crippen LogP contribution in [0.15, 0.2) is 22.6 Å². The van der Waals surface area contributed by atoms with E-state index in [2.05, 4.69) is 4.98 Å². The average molecular weight is 319 g/mol. The van der Waals surface area contributed by atoms with Crippen LogP contribution >= 0.6 is 11.3 Å². The second-order valence-electron chi connectivity index (χ2n) is 5.43. The van der Waals surface area contributed by atoms with Crippen molar-refractivity contribution in [3.05, 3.63) is 41.3 Å². The van der Waals surface area contributed by atoms with E-state index >= 15 is 0 Å². The van der Waals surface area contributed by atoms with E-state index in [0.717, 1.165) is 36.7 Å². The fourth-order valence-corrected chi connectivity index (χ4v) is 3.65. The molecular weight excluding hydrogens is 308 g/mol. The molecule has 112 valence electrons. The summed E-state index contributed by atoms with van der Waals surface area (Å²) in [6.07, 6.45) is 3.78. The standard InChI is InChI=1S/C16H11F2NO2S/c17-10-4-9-5-13(22-15(9)11(18)6-10)16-19-12(7-20)14(21-16)8-2-1-3-8/h4-8H,1-3H2. The third-order valence-corrected chi connectivity index (χ3v) is 5.16. The molecule has 0 unspecified atom stereocenters. The summed E-state index contributed by atoms with van der Waals surface area (Å²) in [5, 5.41) is 0.466. The summed E-state index contributed by atoms with van der Waals surface area (Å²) in [6, 6.07) is 3.76. The van der Waals surface area contributed by atoms with Gasteiger partial charge in [0, 0.05) is 12.0 Å². The Bertz CT molecular complexity index is 880. The minimum Gasteiger partial charge on any atom is -0.439 e. The molecule has 2 heterocycles. The molecule has 0 spiro atoms. The quantitative estimate of drug-likeness (QED) is 0.644. The topological polar surface area (TPSA) is 43.1 Å². The largest absolute Gasteiger partial charge is 0.439 e. The van der Waals surface area contributed by atoms with E-state index in [4.69, 9.17) is 4.42 Å². The van der Waals surface area contributed by atoms with Gasteiger partial charge in [0.05, 0.1) is 9.58 Å². The lowest BCUT2D eigenvalue weighted by Gasteiger charge is -2.22. The van der Waals surface area contributed by atoms with E-state index in [1.54, 1.807) is 6.07 Å². The zero-order valence-electron chi connectivity index (χ0n) is 11.4. The first-order valence-corrected chi connectivity index (χ1v) is 7.82. The third-order valence-electron chi connectivity index (χ3n) is 4.02. The molecule has 0 amide bonds. The van der Waals surface area contributed by atoms with Crippen LogP contribution in [0.5, 0.6) is 0 Å². The Morgan fingerprint density at radius 2 is 2.09 bits per heavy atom. The third kappa shape index (κ3) is 2.06. The second-order valence-corrected chi connectivity index (χ2v) is 6.48. The fraction of sp³-hybridized carbons (Fsp3) is 0.250. The SMILES string of the molecule is O=Cc1nc(-c2cc3cc(F)cc(F)c3s2)oc1C1CCC1. The van der Waals surface area contributed by atoms with Crippen molar-refractivity contribution in [2.24, 2.45) is 0 Å². The predicted molar refractivity (Wildman–Crippen MR) is 79.2 cm³/mol. The summed E-state index contributed by atoms with van der Waals surface area (Å²) in [5.74, 6) is -0.0755. The van der Waals surface area contributed by atoms with Crippen molar-refractivity contribution >= 4 is 27.7 Å². The molecule has 22 heavy (non-hydrogen) atoms. The number of carbonyl (C=O) groups is 1. The van der Waals surface area contributed by atoms with Crippen LogP contribution in [0.2, 0.25) is 0 Å². The Balaban J connectivity index is 1.83. The molecular formula is C16H11F2NO2S. The number of thiophene rings is 1. The van der Waals surface area contributed by atoms with Gasteiger partial charge in [0.2, 0.25) is 5.89 Å². The zero-order chi connectivity index (χ0) is 15.3. The maximum atomic E-state index is 13.8. The van der Waals surface area contributed by atoms with Gasteiger partial charge in [-0.15, -0.1) is 11.3 Å². The van der Waals surface area contributed by atoms with Gasteiger partial charge in [0.1, 0.15) is 23.1 Å². The van der Waals surface area contributed by atoms with E-state index in [-0.39, 0.29) is 5.92 Å². The van der Waals surface area contributed by atoms with E-state index in [0.29, 0.717) is 38.6 Å². The van der Waals surface area contributed by atoms with Crippen molar-refractivity contribution in [2.45, 2.75) is 25.2 Å². The molecule has 4 rings (SSSR count). The van der Waals surface area contributed by atoms with Crippen molar-refractivity contribution in [3.63, 3.8) is 0 Å². The molecule has 0 bridgehead atoms. The number of nitrogens with zero attached hydrogens (tertiary/aromatic N) is 1. The van der Waals surface area contributed by atoms with Gasteiger partial charge >= 0.3 is 0 Å². The summed E-state index contributed by atoms with van der Waals surface area (Å²) < 4.78 is 33.2. The molecule has 1 saturated carbocycles. The Kier molecular flexibility index (Phi) is 3.07. The van der Waals surface area contributed by atoms with E-state index in [1.807, 2.05) is 0 Å². The molecule has 1 aliphatic carbocycles. The highest BCUT2D eigenvalue weighted by Gasteiger charge is 2.28. The van der Waals surface area contributed by atoms with E-state index < -0.39 is 11.6 Å². The summed E-state index contributed by atoms with van der Waals surface area (Å²) in [4.78, 5) is 16.0. The van der Waals surface area contributed by atoms with Crippen LogP contribution < -0.4 is 0 Å². The lowest BCUT2D eigenvalue weighted by Crippen LogP contribution is -2.09. The smallest absolute Gasteiger partial charge is 0.237 e. The predicted octanol–water partition coefficient (Wildman–Crippen LogP) is 4.91. The molecule has 0 saturated heterocycles. The molecule has 1 fully saturated rings. The monoisotopic (exact) mass is 319 g/mol. The lowest BCUT2D eigenvalue weighted by molar-refractivity contribution is 0.111. The molecule has 0 radical (unpaired) electrons. The molecule has 3 nitrogen and oxygen atoms in total. The molecule has 2 aromatic heterocycles. The maximum absolute atomic E-state index is 13.8. The van der Waals surface area contributed by atoms with Crippen molar-refractivity contribution < 1.29 is 18.0 Å². The van der Waals surface area contributed by atoms with Crippen molar-refractivity contribution in [1.29, 1.82) is 0 Å². The first-order valence-electron chi connectivity index (χ1n) is 7.00. The number of aromatic nitrogens is 1. The van der Waals surface area contributed by atoms with Crippen molar-refractivity contribution in [1.82, 2.24) is 4.98 Å². The summed E-state index contributed by atoms with van der Waals surface area (Å²) >= 11 is 1.14. The lowest BCUT2D eigenvalue weighted by atomic mass is 9.83. The molecule has 0 atom stereocenters. The number of hydrogen-bond acceptors (Lipinski definition) is 4. The summed E-state index contributed by atoms with van der Waals surface area (Å²) in [5.41, 5.74) is 0.309. The highest BCUT2D eigenvalue weighted by molar-refractivity contribution is 7.22. The van der Waals surface area contributed by atoms with Crippen LogP contribution in [0.25, 0.3) is 20.9 Å². The van der Waals surface area contributed by atoms with Crippen LogP contribution in [0.1, 0.15) is 41.4 Å². The Hall–Kier alpha value is -2.08. The van der Waals surface area contributed by atoms with Gasteiger partial charge in [-0.3, -0.25) is 4.79 Å². The van der Waals surface area contributed by atoms with Crippen LogP contribution in [0, 0.1) is 11.6 Å². The maximum Gasteiger partial charge on any atom is 0.237 e. The van der Waals surface area contributed by atoms with Gasteiger partial charge in [-0.2, -0.15) is 0 Å². The van der Waals surface area contributed by atoms with Gasteiger partial charge < -0.3 is 4.42 Å². The van der Waals surface area contributed by atoms with Gasteiger partial charge in [-0.1, -0.05) is 6.42 Å². The van der Waals surface area contributed by atoms with Crippen LogP contribution in [0.4, 0.5) is 8.78 Å². The number of hydrogen-bond donors (Lipinski definition) is 0. The Morgan fingerprint density at radius 3 is 2.77 bits per heavy atom. The molecule has 1 aliphatic rings. The molecule has 1 aromatic carbocycles. The fourth-order valence-electron chi connectivity index (χ4n) is 2.68. The van der Waals surface area contributed by atoms with Gasteiger partial charge in [0.25, 0.3) is 0 Å². The summed E-state index contributed by atoms with van der Waals surface area (Å²) in [7, 11) is 0. The number of aldehydes is 1. The number of benzene rings is 1. The minimum atomic E-state index is -0.620.